The van der Waals surface area contributed by atoms with Crippen LogP contribution in [0.1, 0.15) is 11.1 Å². The van der Waals surface area contributed by atoms with Crippen molar-refractivity contribution in [2.45, 2.75) is 13.2 Å². The number of nitrogens with one attached hydrogen (secondary N) is 1. The van der Waals surface area contributed by atoms with Gasteiger partial charge in [-0.15, -0.1) is 0 Å². The van der Waals surface area contributed by atoms with Gasteiger partial charge in [-0.05, 0) is 42.5 Å². The molecule has 0 amide bonds. The Morgan fingerprint density at radius 2 is 1.79 bits per heavy atom. The molecule has 1 aliphatic rings. The van der Waals surface area contributed by atoms with Crippen LogP contribution in [-0.4, -0.2) is 6.79 Å². The number of ether oxygens (including phenoxy) is 3. The fourth-order valence-corrected chi connectivity index (χ4v) is 3.24. The van der Waals surface area contributed by atoms with Crippen molar-refractivity contribution in [2.24, 2.45) is 0 Å². The Labute approximate surface area is 171 Å². The molecule has 0 spiro atoms. The van der Waals surface area contributed by atoms with E-state index in [0.717, 1.165) is 17.0 Å². The van der Waals surface area contributed by atoms with Crippen LogP contribution in [-0.2, 0) is 13.2 Å². The summed E-state index contributed by atoms with van der Waals surface area (Å²) in [4.78, 5) is 0. The molecule has 3 aromatic rings. The molecule has 144 valence electrons. The van der Waals surface area contributed by atoms with Crippen LogP contribution in [0.3, 0.4) is 0 Å². The predicted molar refractivity (Wildman–Crippen MR) is 107 cm³/mol. The molecule has 0 atom stereocenters. The second-order valence-corrected chi connectivity index (χ2v) is 7.04. The quantitative estimate of drug-likeness (QED) is 0.527. The lowest BCUT2D eigenvalue weighted by atomic mass is 10.2. The maximum Gasteiger partial charge on any atom is 0.231 e. The van der Waals surface area contributed by atoms with Crippen LogP contribution in [0.25, 0.3) is 0 Å². The van der Waals surface area contributed by atoms with Crippen molar-refractivity contribution in [3.8, 4) is 17.2 Å². The van der Waals surface area contributed by atoms with Crippen molar-refractivity contribution in [1.29, 1.82) is 0 Å². The first kappa shape index (κ1) is 18.7. The number of benzene rings is 3. The molecule has 1 heterocycles. The van der Waals surface area contributed by atoms with E-state index in [-0.39, 0.29) is 19.2 Å². The predicted octanol–water partition coefficient (Wildman–Crippen LogP) is 6.05. The molecule has 0 aromatic heterocycles. The van der Waals surface area contributed by atoms with Crippen LogP contribution in [0, 0.1) is 5.82 Å². The zero-order chi connectivity index (χ0) is 19.5. The molecular weight excluding hydrogens is 404 g/mol. The van der Waals surface area contributed by atoms with Gasteiger partial charge in [-0.1, -0.05) is 29.3 Å². The van der Waals surface area contributed by atoms with Crippen LogP contribution < -0.4 is 19.5 Å². The van der Waals surface area contributed by atoms with Crippen molar-refractivity contribution < 1.29 is 18.6 Å². The minimum absolute atomic E-state index is 0.220. The van der Waals surface area contributed by atoms with Gasteiger partial charge in [0.25, 0.3) is 0 Å². The third-order valence-electron chi connectivity index (χ3n) is 4.28. The summed E-state index contributed by atoms with van der Waals surface area (Å²) >= 11 is 12.2. The first-order chi connectivity index (χ1) is 13.6. The summed E-state index contributed by atoms with van der Waals surface area (Å²) < 4.78 is 29.8. The van der Waals surface area contributed by atoms with E-state index >= 15 is 0 Å². The molecule has 0 aliphatic carbocycles. The summed E-state index contributed by atoms with van der Waals surface area (Å²) in [5.41, 5.74) is 2.47. The number of hydrogen-bond acceptors (Lipinski definition) is 4. The Morgan fingerprint density at radius 1 is 0.929 bits per heavy atom. The standard InChI is InChI=1S/C21H16Cl2FNO3/c22-15-2-5-19(26-11-13-1-3-16(24)8-18(13)23)14(7-15)10-25-17-4-6-20-21(9-17)28-12-27-20/h1-9,25H,10-12H2. The molecule has 1 N–H and O–H groups in total. The summed E-state index contributed by atoms with van der Waals surface area (Å²) in [6, 6.07) is 15.3. The molecule has 0 saturated carbocycles. The van der Waals surface area contributed by atoms with Crippen molar-refractivity contribution in [3.05, 3.63) is 81.6 Å². The average molecular weight is 420 g/mol. The number of anilines is 1. The highest BCUT2D eigenvalue weighted by Crippen LogP contribution is 2.34. The molecule has 3 aromatic carbocycles. The molecule has 0 fully saturated rings. The lowest BCUT2D eigenvalue weighted by Gasteiger charge is -2.14. The van der Waals surface area contributed by atoms with Crippen molar-refractivity contribution >= 4 is 28.9 Å². The van der Waals surface area contributed by atoms with Crippen LogP contribution in [0.15, 0.2) is 54.6 Å². The molecule has 0 bridgehead atoms. The lowest BCUT2D eigenvalue weighted by molar-refractivity contribution is 0.174. The molecule has 4 rings (SSSR count). The Hall–Kier alpha value is -2.63. The van der Waals surface area contributed by atoms with Gasteiger partial charge in [0.1, 0.15) is 18.2 Å². The average Bonchev–Trinajstić information content (AvgIpc) is 3.14. The van der Waals surface area contributed by atoms with Gasteiger partial charge >= 0.3 is 0 Å². The smallest absolute Gasteiger partial charge is 0.231 e. The Kier molecular flexibility index (Phi) is 5.46. The maximum atomic E-state index is 13.2. The van der Waals surface area contributed by atoms with E-state index in [1.165, 1.54) is 12.1 Å². The molecule has 7 heteroatoms. The molecule has 1 aliphatic heterocycles. The topological polar surface area (TPSA) is 39.7 Å². The van der Waals surface area contributed by atoms with E-state index in [0.29, 0.717) is 33.7 Å². The first-order valence-electron chi connectivity index (χ1n) is 8.57. The molecule has 4 nitrogen and oxygen atoms in total. The lowest BCUT2D eigenvalue weighted by Crippen LogP contribution is -2.04. The van der Waals surface area contributed by atoms with Gasteiger partial charge in [0.2, 0.25) is 6.79 Å². The van der Waals surface area contributed by atoms with Crippen molar-refractivity contribution in [2.75, 3.05) is 12.1 Å². The normalized spacial score (nSPS) is 12.1. The number of halogens is 3. The summed E-state index contributed by atoms with van der Waals surface area (Å²) in [6.45, 7) is 0.946. The SMILES string of the molecule is Fc1ccc(COc2ccc(Cl)cc2CNc2ccc3c(c2)OCO3)c(Cl)c1. The highest BCUT2D eigenvalue weighted by Gasteiger charge is 2.13. The zero-order valence-electron chi connectivity index (χ0n) is 14.7. The molecule has 0 saturated heterocycles. The van der Waals surface area contributed by atoms with Gasteiger partial charge in [-0.3, -0.25) is 0 Å². The summed E-state index contributed by atoms with van der Waals surface area (Å²) in [7, 11) is 0. The van der Waals surface area contributed by atoms with Crippen molar-refractivity contribution in [1.82, 2.24) is 0 Å². The highest BCUT2D eigenvalue weighted by atomic mass is 35.5. The van der Waals surface area contributed by atoms with E-state index < -0.39 is 0 Å². The highest BCUT2D eigenvalue weighted by molar-refractivity contribution is 6.31. The zero-order valence-corrected chi connectivity index (χ0v) is 16.2. The number of fused-ring (bicyclic) bond motifs is 1. The third-order valence-corrected chi connectivity index (χ3v) is 4.86. The fraction of sp³-hybridized carbons (Fsp3) is 0.143. The molecule has 28 heavy (non-hydrogen) atoms. The van der Waals surface area contributed by atoms with E-state index in [4.69, 9.17) is 37.4 Å². The van der Waals surface area contributed by atoms with Crippen LogP contribution >= 0.6 is 23.2 Å². The third kappa shape index (κ3) is 4.26. The molecular formula is C21H16Cl2FNO3. The van der Waals surface area contributed by atoms with Gasteiger partial charge in [0.15, 0.2) is 11.5 Å². The van der Waals surface area contributed by atoms with Crippen LogP contribution in [0.2, 0.25) is 10.0 Å². The monoisotopic (exact) mass is 419 g/mol. The molecule has 0 unspecified atom stereocenters. The van der Waals surface area contributed by atoms with Gasteiger partial charge in [-0.25, -0.2) is 4.39 Å². The fourth-order valence-electron chi connectivity index (χ4n) is 2.83. The van der Waals surface area contributed by atoms with E-state index in [9.17, 15) is 4.39 Å². The summed E-state index contributed by atoms with van der Waals surface area (Å²) in [5, 5.41) is 4.26. The van der Waals surface area contributed by atoms with Gasteiger partial charge in [0, 0.05) is 34.4 Å². The minimum Gasteiger partial charge on any atom is -0.488 e. The Morgan fingerprint density at radius 3 is 2.64 bits per heavy atom. The van der Waals surface area contributed by atoms with E-state index in [2.05, 4.69) is 5.32 Å². The van der Waals surface area contributed by atoms with E-state index in [1.807, 2.05) is 24.3 Å². The van der Waals surface area contributed by atoms with Gasteiger partial charge in [-0.2, -0.15) is 0 Å². The number of hydrogen-bond donors (Lipinski definition) is 1. The second-order valence-electron chi connectivity index (χ2n) is 6.20. The molecule has 0 radical (unpaired) electrons. The van der Waals surface area contributed by atoms with Crippen LogP contribution in [0.4, 0.5) is 10.1 Å². The largest absolute Gasteiger partial charge is 0.488 e. The van der Waals surface area contributed by atoms with Crippen LogP contribution in [0.5, 0.6) is 17.2 Å². The maximum absolute atomic E-state index is 13.2. The Balaban J connectivity index is 1.47. The van der Waals surface area contributed by atoms with Gasteiger partial charge in [0.05, 0.1) is 5.02 Å². The first-order valence-corrected chi connectivity index (χ1v) is 9.33. The Bertz CT molecular complexity index is 1010. The summed E-state index contributed by atoms with van der Waals surface area (Å²) in [5.74, 6) is 1.72. The number of rotatable bonds is 6. The minimum atomic E-state index is -0.381. The van der Waals surface area contributed by atoms with Gasteiger partial charge < -0.3 is 19.5 Å². The summed E-state index contributed by atoms with van der Waals surface area (Å²) in [6.07, 6.45) is 0. The second kappa shape index (κ2) is 8.17. The van der Waals surface area contributed by atoms with Crippen molar-refractivity contribution in [3.63, 3.8) is 0 Å². The van der Waals surface area contributed by atoms with E-state index in [1.54, 1.807) is 18.2 Å².